The number of nitrogens with one attached hydrogen (secondary N) is 1. The topological polar surface area (TPSA) is 46.9 Å². The molecule has 0 spiro atoms. The van der Waals surface area contributed by atoms with Gasteiger partial charge in [-0.05, 0) is 64.5 Å². The van der Waals surface area contributed by atoms with Crippen LogP contribution in [0.1, 0.15) is 15.2 Å². The van der Waals surface area contributed by atoms with Gasteiger partial charge in [-0.1, -0.05) is 12.1 Å². The first-order valence-corrected chi connectivity index (χ1v) is 9.36. The lowest BCUT2D eigenvalue weighted by molar-refractivity contribution is 0.0951. The van der Waals surface area contributed by atoms with Gasteiger partial charge in [0.25, 0.3) is 5.91 Å². The number of fused-ring (bicyclic) bond motifs is 1. The Morgan fingerprint density at radius 2 is 1.88 bits per heavy atom. The summed E-state index contributed by atoms with van der Waals surface area (Å²) in [4.78, 5) is 17.8. The number of hydrogen-bond donors (Lipinski definition) is 1. The van der Waals surface area contributed by atoms with Gasteiger partial charge in [-0.2, -0.15) is 0 Å². The molecule has 1 N–H and O–H groups in total. The Balaban J connectivity index is 1.50. The number of aromatic nitrogens is 2. The van der Waals surface area contributed by atoms with Crippen LogP contribution in [0.4, 0.5) is 0 Å². The molecule has 2 aromatic heterocycles. The third-order valence-electron chi connectivity index (χ3n) is 3.91. The summed E-state index contributed by atoms with van der Waals surface area (Å²) in [6.45, 7) is 0.531. The SMILES string of the molecule is O=C(NCc1ccc(Br)s1)c1ccc(-n2cnc3ccccc32)cc1. The fourth-order valence-corrected chi connectivity index (χ4v) is 4.08. The summed E-state index contributed by atoms with van der Waals surface area (Å²) >= 11 is 5.04. The van der Waals surface area contributed by atoms with E-state index in [1.54, 1.807) is 17.7 Å². The van der Waals surface area contributed by atoms with Gasteiger partial charge in [0.1, 0.15) is 6.33 Å². The van der Waals surface area contributed by atoms with Crippen molar-refractivity contribution >= 4 is 44.2 Å². The number of carbonyl (C=O) groups is 1. The molecule has 0 fully saturated rings. The maximum Gasteiger partial charge on any atom is 0.251 e. The second-order valence-corrected chi connectivity index (χ2v) is 8.09. The first kappa shape index (κ1) is 16.1. The van der Waals surface area contributed by atoms with Crippen LogP contribution in [0.15, 0.2) is 70.8 Å². The minimum absolute atomic E-state index is 0.0773. The van der Waals surface area contributed by atoms with Crippen LogP contribution in [-0.2, 0) is 6.54 Å². The Labute approximate surface area is 157 Å². The molecule has 0 saturated carbocycles. The van der Waals surface area contributed by atoms with Crippen molar-refractivity contribution in [2.75, 3.05) is 0 Å². The number of hydrogen-bond acceptors (Lipinski definition) is 3. The molecule has 25 heavy (non-hydrogen) atoms. The van der Waals surface area contributed by atoms with Crippen molar-refractivity contribution in [1.82, 2.24) is 14.9 Å². The van der Waals surface area contributed by atoms with Crippen molar-refractivity contribution in [3.63, 3.8) is 0 Å². The van der Waals surface area contributed by atoms with Crippen molar-refractivity contribution < 1.29 is 4.79 Å². The lowest BCUT2D eigenvalue weighted by atomic mass is 10.2. The minimum atomic E-state index is -0.0773. The summed E-state index contributed by atoms with van der Waals surface area (Å²) in [5.74, 6) is -0.0773. The fraction of sp³-hybridized carbons (Fsp3) is 0.0526. The first-order valence-electron chi connectivity index (χ1n) is 7.76. The van der Waals surface area contributed by atoms with Gasteiger partial charge < -0.3 is 5.32 Å². The van der Waals surface area contributed by atoms with Crippen LogP contribution in [0.2, 0.25) is 0 Å². The molecule has 0 aliphatic heterocycles. The Morgan fingerprint density at radius 1 is 1.08 bits per heavy atom. The van der Waals surface area contributed by atoms with E-state index in [0.29, 0.717) is 12.1 Å². The fourth-order valence-electron chi connectivity index (χ4n) is 2.65. The highest BCUT2D eigenvalue weighted by Crippen LogP contribution is 2.22. The van der Waals surface area contributed by atoms with Gasteiger partial charge in [0.15, 0.2) is 0 Å². The minimum Gasteiger partial charge on any atom is -0.347 e. The van der Waals surface area contributed by atoms with Crippen LogP contribution in [-0.4, -0.2) is 15.5 Å². The van der Waals surface area contributed by atoms with Crippen molar-refractivity contribution in [3.8, 4) is 5.69 Å². The Kier molecular flexibility index (Phi) is 4.38. The van der Waals surface area contributed by atoms with Crippen LogP contribution < -0.4 is 5.32 Å². The zero-order chi connectivity index (χ0) is 17.2. The Morgan fingerprint density at radius 3 is 2.64 bits per heavy atom. The summed E-state index contributed by atoms with van der Waals surface area (Å²) in [6, 6.07) is 19.5. The van der Waals surface area contributed by atoms with E-state index >= 15 is 0 Å². The molecule has 4 aromatic rings. The van der Waals surface area contributed by atoms with Gasteiger partial charge >= 0.3 is 0 Å². The van der Waals surface area contributed by atoms with Crippen LogP contribution in [0.25, 0.3) is 16.7 Å². The number of carbonyl (C=O) groups excluding carboxylic acids is 1. The van der Waals surface area contributed by atoms with Crippen molar-refractivity contribution in [2.45, 2.75) is 6.54 Å². The summed E-state index contributed by atoms with van der Waals surface area (Å²) in [6.07, 6.45) is 1.80. The van der Waals surface area contributed by atoms with E-state index in [-0.39, 0.29) is 5.91 Å². The van der Waals surface area contributed by atoms with E-state index in [4.69, 9.17) is 0 Å². The number of rotatable bonds is 4. The number of benzene rings is 2. The van der Waals surface area contributed by atoms with Gasteiger partial charge in [-0.3, -0.25) is 9.36 Å². The van der Waals surface area contributed by atoms with Crippen LogP contribution in [0, 0.1) is 0 Å². The highest BCUT2D eigenvalue weighted by atomic mass is 79.9. The van der Waals surface area contributed by atoms with Gasteiger partial charge in [0.05, 0.1) is 21.4 Å². The van der Waals surface area contributed by atoms with Crippen LogP contribution >= 0.6 is 27.3 Å². The standard InChI is InChI=1S/C19H14BrN3OS/c20-18-10-9-15(25-18)11-21-19(24)13-5-7-14(8-6-13)23-12-22-16-3-1-2-4-17(16)23/h1-10,12H,11H2,(H,21,24). The average molecular weight is 412 g/mol. The third-order valence-corrected chi connectivity index (χ3v) is 5.54. The molecule has 0 atom stereocenters. The zero-order valence-electron chi connectivity index (χ0n) is 13.1. The summed E-state index contributed by atoms with van der Waals surface area (Å²) < 4.78 is 3.08. The smallest absolute Gasteiger partial charge is 0.251 e. The molecule has 1 amide bonds. The molecular formula is C19H14BrN3OS. The number of para-hydroxylation sites is 2. The summed E-state index contributed by atoms with van der Waals surface area (Å²) in [5.41, 5.74) is 3.62. The molecule has 0 bridgehead atoms. The van der Waals surface area contributed by atoms with E-state index in [1.165, 1.54) is 0 Å². The highest BCUT2D eigenvalue weighted by Gasteiger charge is 2.08. The summed E-state index contributed by atoms with van der Waals surface area (Å²) in [7, 11) is 0. The third kappa shape index (κ3) is 3.36. The number of thiophene rings is 1. The predicted molar refractivity (Wildman–Crippen MR) is 104 cm³/mol. The van der Waals surface area contributed by atoms with Crippen molar-refractivity contribution in [3.05, 3.63) is 81.2 Å². The average Bonchev–Trinajstić information content (AvgIpc) is 3.26. The predicted octanol–water partition coefficient (Wildman–Crippen LogP) is 4.78. The summed E-state index contributed by atoms with van der Waals surface area (Å²) in [5, 5.41) is 2.94. The largest absolute Gasteiger partial charge is 0.347 e. The molecule has 0 unspecified atom stereocenters. The molecule has 0 radical (unpaired) electrons. The molecule has 124 valence electrons. The maximum absolute atomic E-state index is 12.3. The number of amides is 1. The van der Waals surface area contributed by atoms with E-state index < -0.39 is 0 Å². The van der Waals surface area contributed by atoms with E-state index in [1.807, 2.05) is 65.2 Å². The highest BCUT2D eigenvalue weighted by molar-refractivity contribution is 9.11. The van der Waals surface area contributed by atoms with Crippen molar-refractivity contribution in [2.24, 2.45) is 0 Å². The van der Waals surface area contributed by atoms with Gasteiger partial charge in [0.2, 0.25) is 0 Å². The molecule has 4 rings (SSSR count). The zero-order valence-corrected chi connectivity index (χ0v) is 15.5. The monoisotopic (exact) mass is 411 g/mol. The van der Waals surface area contributed by atoms with Gasteiger partial charge in [0, 0.05) is 16.1 Å². The number of imidazole rings is 1. The lowest BCUT2D eigenvalue weighted by Gasteiger charge is -2.07. The Hall–Kier alpha value is -2.44. The van der Waals surface area contributed by atoms with Gasteiger partial charge in [-0.15, -0.1) is 11.3 Å². The maximum atomic E-state index is 12.3. The normalized spacial score (nSPS) is 10.9. The van der Waals surface area contributed by atoms with E-state index in [9.17, 15) is 4.79 Å². The number of nitrogens with zero attached hydrogens (tertiary/aromatic N) is 2. The molecule has 0 aliphatic rings. The van der Waals surface area contributed by atoms with Crippen LogP contribution in [0.5, 0.6) is 0 Å². The molecule has 0 aliphatic carbocycles. The van der Waals surface area contributed by atoms with E-state index in [0.717, 1.165) is 25.4 Å². The quantitative estimate of drug-likeness (QED) is 0.525. The Bertz CT molecular complexity index is 1040. The molecular weight excluding hydrogens is 398 g/mol. The lowest BCUT2D eigenvalue weighted by Crippen LogP contribution is -2.22. The second-order valence-electron chi connectivity index (χ2n) is 5.54. The first-order chi connectivity index (χ1) is 12.2. The number of halogens is 1. The molecule has 2 heterocycles. The van der Waals surface area contributed by atoms with Crippen molar-refractivity contribution in [1.29, 1.82) is 0 Å². The second kappa shape index (κ2) is 6.82. The van der Waals surface area contributed by atoms with Crippen LogP contribution in [0.3, 0.4) is 0 Å². The molecule has 2 aromatic carbocycles. The molecule has 0 saturated heterocycles. The van der Waals surface area contributed by atoms with E-state index in [2.05, 4.69) is 26.2 Å². The molecule has 6 heteroatoms. The molecule has 4 nitrogen and oxygen atoms in total. The van der Waals surface area contributed by atoms with Gasteiger partial charge in [-0.25, -0.2) is 4.98 Å².